The van der Waals surface area contributed by atoms with E-state index in [2.05, 4.69) is 5.16 Å². The minimum absolute atomic E-state index is 0.0390. The number of anilines is 1. The lowest BCUT2D eigenvalue weighted by atomic mass is 9.96. The molecule has 94 valence electrons. The molecule has 1 fully saturated rings. The van der Waals surface area contributed by atoms with Gasteiger partial charge >= 0.3 is 5.97 Å². The first-order valence-corrected chi connectivity index (χ1v) is 6.91. The Morgan fingerprint density at radius 2 is 2.00 bits per heavy atom. The molecule has 3 N–H and O–H groups in total. The van der Waals surface area contributed by atoms with E-state index in [1.54, 1.807) is 0 Å². The topological polar surface area (TPSA) is 123 Å². The van der Waals surface area contributed by atoms with Gasteiger partial charge in [0.05, 0.1) is 11.5 Å². The zero-order chi connectivity index (χ0) is 12.6. The van der Waals surface area contributed by atoms with Crippen LogP contribution in [0.5, 0.6) is 0 Å². The molecule has 1 aromatic rings. The van der Waals surface area contributed by atoms with Crippen LogP contribution in [0.4, 0.5) is 5.82 Å². The molecule has 1 saturated heterocycles. The number of hydrogen-bond acceptors (Lipinski definition) is 6. The number of carbonyl (C=O) groups is 1. The summed E-state index contributed by atoms with van der Waals surface area (Å²) in [5.41, 5.74) is 5.25. The molecule has 0 atom stereocenters. The highest BCUT2D eigenvalue weighted by molar-refractivity contribution is 7.91. The lowest BCUT2D eigenvalue weighted by molar-refractivity contribution is 0.0694. The third kappa shape index (κ3) is 2.26. The minimum Gasteiger partial charge on any atom is -0.477 e. The number of aromatic carboxylic acids is 1. The predicted octanol–water partition coefficient (Wildman–Crippen LogP) is 0.247. The van der Waals surface area contributed by atoms with Gasteiger partial charge in [0.1, 0.15) is 15.4 Å². The highest BCUT2D eigenvalue weighted by Gasteiger charge is 2.32. The Hall–Kier alpha value is -1.57. The van der Waals surface area contributed by atoms with E-state index >= 15 is 0 Å². The van der Waals surface area contributed by atoms with Gasteiger partial charge in [0, 0.05) is 5.92 Å². The van der Waals surface area contributed by atoms with Crippen LogP contribution < -0.4 is 5.73 Å². The van der Waals surface area contributed by atoms with Crippen LogP contribution in [0.1, 0.15) is 34.9 Å². The number of carboxylic acids is 1. The number of hydrogen-bond donors (Lipinski definition) is 2. The van der Waals surface area contributed by atoms with Crippen molar-refractivity contribution < 1.29 is 22.8 Å². The lowest BCUT2D eigenvalue weighted by Crippen LogP contribution is -2.23. The van der Waals surface area contributed by atoms with E-state index in [1.807, 2.05) is 0 Å². The Morgan fingerprint density at radius 1 is 1.41 bits per heavy atom. The molecule has 0 aliphatic carbocycles. The molecule has 2 heterocycles. The Kier molecular flexibility index (Phi) is 2.82. The summed E-state index contributed by atoms with van der Waals surface area (Å²) < 4.78 is 27.4. The van der Waals surface area contributed by atoms with Crippen LogP contribution in [0.2, 0.25) is 0 Å². The number of aromatic nitrogens is 1. The molecule has 0 aromatic carbocycles. The first kappa shape index (κ1) is 11.9. The fourth-order valence-corrected chi connectivity index (χ4v) is 3.45. The molecule has 0 saturated carbocycles. The van der Waals surface area contributed by atoms with Crippen LogP contribution in [0, 0.1) is 0 Å². The number of nitrogens with two attached hydrogens (primary N) is 1. The molecule has 0 spiro atoms. The van der Waals surface area contributed by atoms with Gasteiger partial charge in [0.15, 0.2) is 11.6 Å². The summed E-state index contributed by atoms with van der Waals surface area (Å²) in [4.78, 5) is 11.0. The molecule has 2 rings (SSSR count). The van der Waals surface area contributed by atoms with Gasteiger partial charge in [-0.3, -0.25) is 0 Å². The van der Waals surface area contributed by atoms with Gasteiger partial charge in [-0.15, -0.1) is 0 Å². The smallest absolute Gasteiger partial charge is 0.343 e. The van der Waals surface area contributed by atoms with Crippen molar-refractivity contribution in [3.8, 4) is 0 Å². The summed E-state index contributed by atoms with van der Waals surface area (Å²) in [6, 6.07) is 0. The van der Waals surface area contributed by atoms with Gasteiger partial charge < -0.3 is 15.4 Å². The fraction of sp³-hybridized carbons (Fsp3) is 0.556. The second kappa shape index (κ2) is 4.02. The van der Waals surface area contributed by atoms with E-state index < -0.39 is 15.8 Å². The molecule has 17 heavy (non-hydrogen) atoms. The highest BCUT2D eigenvalue weighted by atomic mass is 32.2. The summed E-state index contributed by atoms with van der Waals surface area (Å²) in [5.74, 6) is -1.35. The third-order valence-electron chi connectivity index (χ3n) is 2.88. The normalized spacial score (nSPS) is 20.2. The maximum atomic E-state index is 11.3. The predicted molar refractivity (Wildman–Crippen MR) is 58.5 cm³/mol. The lowest BCUT2D eigenvalue weighted by Gasteiger charge is -2.19. The molecular weight excluding hydrogens is 248 g/mol. The number of nitrogens with zero attached hydrogens (tertiary/aromatic N) is 1. The largest absolute Gasteiger partial charge is 0.477 e. The van der Waals surface area contributed by atoms with E-state index in [4.69, 9.17) is 15.4 Å². The van der Waals surface area contributed by atoms with Crippen LogP contribution in [0.25, 0.3) is 0 Å². The zero-order valence-electron chi connectivity index (χ0n) is 8.92. The second-order valence-corrected chi connectivity index (χ2v) is 6.34. The van der Waals surface area contributed by atoms with Crippen molar-refractivity contribution in [1.29, 1.82) is 0 Å². The standard InChI is InChI=1S/C9H12N2O5S/c10-8-6(9(12)13)7(16-11-8)5-1-3-17(14,15)4-2-5/h5H,1-4H2,(H2,10,11)(H,12,13). The van der Waals surface area contributed by atoms with Crippen LogP contribution >= 0.6 is 0 Å². The number of rotatable bonds is 2. The van der Waals surface area contributed by atoms with E-state index in [9.17, 15) is 13.2 Å². The van der Waals surface area contributed by atoms with Gasteiger partial charge in [-0.1, -0.05) is 5.16 Å². The Labute approximate surface area is 97.5 Å². The first-order chi connectivity index (χ1) is 7.91. The Balaban J connectivity index is 2.27. The quantitative estimate of drug-likeness (QED) is 0.780. The van der Waals surface area contributed by atoms with Gasteiger partial charge in [-0.25, -0.2) is 13.2 Å². The molecule has 0 unspecified atom stereocenters. The van der Waals surface area contributed by atoms with E-state index in [1.165, 1.54) is 0 Å². The monoisotopic (exact) mass is 260 g/mol. The van der Waals surface area contributed by atoms with E-state index in [-0.39, 0.29) is 34.6 Å². The summed E-state index contributed by atoms with van der Waals surface area (Å²) >= 11 is 0. The number of sulfone groups is 1. The van der Waals surface area contributed by atoms with Crippen LogP contribution in [-0.2, 0) is 9.84 Å². The molecule has 0 bridgehead atoms. The fourth-order valence-electron chi connectivity index (χ4n) is 1.96. The molecule has 1 aliphatic rings. The van der Waals surface area contributed by atoms with Gasteiger partial charge in [0.2, 0.25) is 0 Å². The molecule has 0 amide bonds. The van der Waals surface area contributed by atoms with E-state index in [0.717, 1.165) is 0 Å². The summed E-state index contributed by atoms with van der Waals surface area (Å²) in [6.45, 7) is 0. The maximum Gasteiger partial charge on any atom is 0.343 e. The Morgan fingerprint density at radius 3 is 2.53 bits per heavy atom. The van der Waals surface area contributed by atoms with Crippen molar-refractivity contribution >= 4 is 21.6 Å². The molecule has 0 radical (unpaired) electrons. The minimum atomic E-state index is -2.99. The number of nitrogen functional groups attached to an aromatic ring is 1. The average Bonchev–Trinajstić information content (AvgIpc) is 2.60. The van der Waals surface area contributed by atoms with Crippen molar-refractivity contribution in [2.24, 2.45) is 0 Å². The summed E-state index contributed by atoms with van der Waals surface area (Å²) in [7, 11) is -2.99. The van der Waals surface area contributed by atoms with Crippen molar-refractivity contribution in [1.82, 2.24) is 5.16 Å². The molecule has 7 nitrogen and oxygen atoms in total. The van der Waals surface area contributed by atoms with Crippen molar-refractivity contribution in [2.45, 2.75) is 18.8 Å². The molecular formula is C9H12N2O5S. The molecule has 1 aromatic heterocycles. The summed E-state index contributed by atoms with van der Waals surface area (Å²) in [6.07, 6.45) is 0.689. The molecule has 8 heteroatoms. The van der Waals surface area contributed by atoms with Crippen LogP contribution in [0.15, 0.2) is 4.52 Å². The average molecular weight is 260 g/mol. The third-order valence-corrected chi connectivity index (χ3v) is 4.60. The van der Waals surface area contributed by atoms with Crippen molar-refractivity contribution in [2.75, 3.05) is 17.2 Å². The summed E-state index contributed by atoms with van der Waals surface area (Å²) in [5, 5.41) is 12.4. The second-order valence-electron chi connectivity index (χ2n) is 4.04. The van der Waals surface area contributed by atoms with Crippen LogP contribution in [0.3, 0.4) is 0 Å². The Bertz CT molecular complexity index is 534. The van der Waals surface area contributed by atoms with Crippen molar-refractivity contribution in [3.05, 3.63) is 11.3 Å². The SMILES string of the molecule is Nc1noc(C2CCS(=O)(=O)CC2)c1C(=O)O. The van der Waals surface area contributed by atoms with Gasteiger partial charge in [-0.2, -0.15) is 0 Å². The van der Waals surface area contributed by atoms with E-state index in [0.29, 0.717) is 12.8 Å². The molecule has 1 aliphatic heterocycles. The van der Waals surface area contributed by atoms with Gasteiger partial charge in [0.25, 0.3) is 0 Å². The highest BCUT2D eigenvalue weighted by Crippen LogP contribution is 2.33. The first-order valence-electron chi connectivity index (χ1n) is 5.09. The maximum absolute atomic E-state index is 11.3. The number of carboxylic acid groups (broad SMARTS) is 1. The zero-order valence-corrected chi connectivity index (χ0v) is 9.74. The van der Waals surface area contributed by atoms with Crippen molar-refractivity contribution in [3.63, 3.8) is 0 Å². The van der Waals surface area contributed by atoms with Crippen LogP contribution in [-0.4, -0.2) is 36.2 Å². The van der Waals surface area contributed by atoms with Gasteiger partial charge in [-0.05, 0) is 12.8 Å².